The smallest absolute Gasteiger partial charge is 0.389 e. The zero-order valence-corrected chi connectivity index (χ0v) is 9.77. The highest BCUT2D eigenvalue weighted by atomic mass is 19.4. The second-order valence-electron chi connectivity index (χ2n) is 5.08. The van der Waals surface area contributed by atoms with Gasteiger partial charge in [0, 0.05) is 12.6 Å². The van der Waals surface area contributed by atoms with Crippen molar-refractivity contribution in [2.24, 2.45) is 5.92 Å². The Morgan fingerprint density at radius 2 is 1.81 bits per heavy atom. The third-order valence-electron chi connectivity index (χ3n) is 3.22. The van der Waals surface area contributed by atoms with Crippen LogP contribution >= 0.6 is 0 Å². The summed E-state index contributed by atoms with van der Waals surface area (Å²) in [6.45, 7) is 4.28. The molecule has 0 spiro atoms. The molecule has 1 aliphatic rings. The van der Waals surface area contributed by atoms with E-state index in [-0.39, 0.29) is 31.7 Å². The Balaban J connectivity index is 2.41. The van der Waals surface area contributed by atoms with Gasteiger partial charge < -0.3 is 10.4 Å². The number of hydrogen-bond acceptors (Lipinski definition) is 2. The molecule has 96 valence electrons. The van der Waals surface area contributed by atoms with Crippen molar-refractivity contribution >= 4 is 0 Å². The number of alkyl halides is 3. The van der Waals surface area contributed by atoms with Gasteiger partial charge in [-0.05, 0) is 25.7 Å². The minimum atomic E-state index is -4.10. The molecule has 0 bridgehead atoms. The summed E-state index contributed by atoms with van der Waals surface area (Å²) in [7, 11) is 0. The fourth-order valence-corrected chi connectivity index (χ4v) is 2.05. The maximum Gasteiger partial charge on any atom is 0.391 e. The fourth-order valence-electron chi connectivity index (χ4n) is 2.05. The average molecular weight is 239 g/mol. The van der Waals surface area contributed by atoms with E-state index in [1.807, 2.05) is 13.8 Å². The highest BCUT2D eigenvalue weighted by Crippen LogP contribution is 2.40. The summed E-state index contributed by atoms with van der Waals surface area (Å²) in [5.74, 6) is -1.23. The molecule has 16 heavy (non-hydrogen) atoms. The molecule has 1 saturated carbocycles. The van der Waals surface area contributed by atoms with Crippen LogP contribution in [0.3, 0.4) is 0 Å². The Kier molecular flexibility index (Phi) is 4.23. The quantitative estimate of drug-likeness (QED) is 0.793. The van der Waals surface area contributed by atoms with Gasteiger partial charge >= 0.3 is 6.18 Å². The highest BCUT2D eigenvalue weighted by Gasteiger charge is 2.44. The van der Waals surface area contributed by atoms with Gasteiger partial charge in [0.2, 0.25) is 0 Å². The summed E-state index contributed by atoms with van der Waals surface area (Å²) < 4.78 is 37.2. The van der Waals surface area contributed by atoms with Crippen molar-refractivity contribution in [3.63, 3.8) is 0 Å². The van der Waals surface area contributed by atoms with E-state index in [0.717, 1.165) is 0 Å². The van der Waals surface area contributed by atoms with E-state index in [4.69, 9.17) is 0 Å². The van der Waals surface area contributed by atoms with E-state index in [2.05, 4.69) is 5.32 Å². The van der Waals surface area contributed by atoms with Crippen LogP contribution in [-0.4, -0.2) is 29.5 Å². The van der Waals surface area contributed by atoms with Crippen LogP contribution in [0.15, 0.2) is 0 Å². The van der Waals surface area contributed by atoms with Gasteiger partial charge in [-0.15, -0.1) is 0 Å². The lowest BCUT2D eigenvalue weighted by Gasteiger charge is -2.37. The molecule has 0 aromatic rings. The van der Waals surface area contributed by atoms with E-state index < -0.39 is 17.7 Å². The summed E-state index contributed by atoms with van der Waals surface area (Å²) in [5, 5.41) is 13.2. The molecule has 0 radical (unpaired) electrons. The van der Waals surface area contributed by atoms with Crippen LogP contribution in [-0.2, 0) is 0 Å². The van der Waals surface area contributed by atoms with E-state index in [1.165, 1.54) is 0 Å². The number of nitrogens with one attached hydrogen (secondary N) is 1. The first-order valence-corrected chi connectivity index (χ1v) is 5.75. The van der Waals surface area contributed by atoms with Gasteiger partial charge in [-0.1, -0.05) is 13.8 Å². The van der Waals surface area contributed by atoms with E-state index >= 15 is 0 Å². The molecule has 0 aliphatic heterocycles. The summed E-state index contributed by atoms with van der Waals surface area (Å²) in [4.78, 5) is 0. The fraction of sp³-hybridized carbons (Fsp3) is 1.00. The van der Waals surface area contributed by atoms with Gasteiger partial charge in [-0.25, -0.2) is 0 Å². The molecule has 0 atom stereocenters. The second-order valence-corrected chi connectivity index (χ2v) is 5.08. The Labute approximate surface area is 94.2 Å². The monoisotopic (exact) mass is 239 g/mol. The molecule has 0 saturated heterocycles. The molecule has 0 heterocycles. The van der Waals surface area contributed by atoms with Crippen LogP contribution in [0, 0.1) is 5.92 Å². The number of rotatable bonds is 3. The number of halogens is 3. The normalized spacial score (nSPS) is 32.1. The molecule has 2 nitrogen and oxygen atoms in total. The molecular weight excluding hydrogens is 219 g/mol. The van der Waals surface area contributed by atoms with Gasteiger partial charge in [0.05, 0.1) is 11.5 Å². The molecule has 2 N–H and O–H groups in total. The summed E-state index contributed by atoms with van der Waals surface area (Å²) in [6, 6.07) is 0.240. The lowest BCUT2D eigenvalue weighted by Crippen LogP contribution is -2.46. The van der Waals surface area contributed by atoms with Crippen LogP contribution in [0.2, 0.25) is 0 Å². The Morgan fingerprint density at radius 1 is 1.31 bits per heavy atom. The van der Waals surface area contributed by atoms with Gasteiger partial charge in [-0.3, -0.25) is 0 Å². The summed E-state index contributed by atoms with van der Waals surface area (Å²) in [6.07, 6.45) is -3.56. The SMILES string of the molecule is CC(C)NCC1(O)CCC(C(F)(F)F)CC1. The van der Waals surface area contributed by atoms with E-state index in [9.17, 15) is 18.3 Å². The van der Waals surface area contributed by atoms with Crippen LogP contribution < -0.4 is 5.32 Å². The van der Waals surface area contributed by atoms with Gasteiger partial charge in [0.15, 0.2) is 0 Å². The lowest BCUT2D eigenvalue weighted by atomic mass is 9.78. The lowest BCUT2D eigenvalue weighted by molar-refractivity contribution is -0.192. The first-order chi connectivity index (χ1) is 7.23. The molecular formula is C11H20F3NO. The van der Waals surface area contributed by atoms with Crippen LogP contribution in [0.25, 0.3) is 0 Å². The molecule has 1 aliphatic carbocycles. The Bertz CT molecular complexity index is 220. The van der Waals surface area contributed by atoms with Gasteiger partial charge in [-0.2, -0.15) is 13.2 Å². The van der Waals surface area contributed by atoms with Crippen molar-refractivity contribution in [1.29, 1.82) is 0 Å². The third kappa shape index (κ3) is 3.94. The van der Waals surface area contributed by atoms with Gasteiger partial charge in [0.1, 0.15) is 0 Å². The molecule has 1 fully saturated rings. The van der Waals surface area contributed by atoms with Crippen LogP contribution in [0.1, 0.15) is 39.5 Å². The van der Waals surface area contributed by atoms with Crippen molar-refractivity contribution in [2.75, 3.05) is 6.54 Å². The van der Waals surface area contributed by atoms with Crippen molar-refractivity contribution in [2.45, 2.75) is 57.3 Å². The Morgan fingerprint density at radius 3 is 2.19 bits per heavy atom. The third-order valence-corrected chi connectivity index (χ3v) is 3.22. The number of hydrogen-bond donors (Lipinski definition) is 2. The summed E-state index contributed by atoms with van der Waals surface area (Å²) in [5.41, 5.74) is -0.952. The van der Waals surface area contributed by atoms with Crippen molar-refractivity contribution in [1.82, 2.24) is 5.32 Å². The van der Waals surface area contributed by atoms with E-state index in [1.54, 1.807) is 0 Å². The standard InChI is InChI=1S/C11H20F3NO/c1-8(2)15-7-10(16)5-3-9(4-6-10)11(12,13)14/h8-9,15-16H,3-7H2,1-2H3. The minimum Gasteiger partial charge on any atom is -0.389 e. The maximum atomic E-state index is 12.4. The molecule has 5 heteroatoms. The predicted molar refractivity (Wildman–Crippen MR) is 56.1 cm³/mol. The zero-order chi connectivity index (χ0) is 12.4. The highest BCUT2D eigenvalue weighted by molar-refractivity contribution is 4.89. The predicted octanol–water partition coefficient (Wildman–Crippen LogP) is 2.47. The molecule has 1 rings (SSSR count). The van der Waals surface area contributed by atoms with Gasteiger partial charge in [0.25, 0.3) is 0 Å². The Hall–Kier alpha value is -0.290. The number of aliphatic hydroxyl groups is 1. The summed E-state index contributed by atoms with van der Waals surface area (Å²) >= 11 is 0. The average Bonchev–Trinajstić information content (AvgIpc) is 2.14. The molecule has 0 unspecified atom stereocenters. The topological polar surface area (TPSA) is 32.3 Å². The van der Waals surface area contributed by atoms with Crippen LogP contribution in [0.5, 0.6) is 0 Å². The zero-order valence-electron chi connectivity index (χ0n) is 9.77. The van der Waals surface area contributed by atoms with Crippen molar-refractivity contribution < 1.29 is 18.3 Å². The first kappa shape index (κ1) is 13.8. The van der Waals surface area contributed by atoms with Crippen LogP contribution in [0.4, 0.5) is 13.2 Å². The first-order valence-electron chi connectivity index (χ1n) is 5.75. The molecule has 0 aromatic carbocycles. The maximum absolute atomic E-state index is 12.4. The van der Waals surface area contributed by atoms with Crippen molar-refractivity contribution in [3.8, 4) is 0 Å². The second kappa shape index (κ2) is 4.92. The minimum absolute atomic E-state index is 0.0414. The van der Waals surface area contributed by atoms with E-state index in [0.29, 0.717) is 6.54 Å². The molecule has 0 aromatic heterocycles. The molecule has 0 amide bonds. The largest absolute Gasteiger partial charge is 0.391 e. The van der Waals surface area contributed by atoms with Crippen molar-refractivity contribution in [3.05, 3.63) is 0 Å².